The lowest BCUT2D eigenvalue weighted by Crippen LogP contribution is -2.25. The third-order valence-electron chi connectivity index (χ3n) is 5.02. The Morgan fingerprint density at radius 1 is 1.00 bits per heavy atom. The van der Waals surface area contributed by atoms with Crippen LogP contribution in [0.1, 0.15) is 27.4 Å². The molecule has 0 aliphatic carbocycles. The number of amides is 1. The first-order chi connectivity index (χ1) is 14.2. The lowest BCUT2D eigenvalue weighted by atomic mass is 10.2. The summed E-state index contributed by atoms with van der Waals surface area (Å²) in [6.45, 7) is 3.13. The molecule has 0 unspecified atom stereocenters. The highest BCUT2D eigenvalue weighted by Gasteiger charge is 2.19. The molecule has 0 atom stereocenters. The highest BCUT2D eigenvalue weighted by molar-refractivity contribution is 5.97. The lowest BCUT2D eigenvalue weighted by molar-refractivity contribution is 0.0942. The molecule has 29 heavy (non-hydrogen) atoms. The summed E-state index contributed by atoms with van der Waals surface area (Å²) in [6.07, 6.45) is 0. The van der Waals surface area contributed by atoms with Crippen molar-refractivity contribution in [3.8, 4) is 11.5 Å². The first-order valence-electron chi connectivity index (χ1n) is 9.48. The molecule has 1 amide bonds. The van der Waals surface area contributed by atoms with E-state index in [2.05, 4.69) is 5.32 Å². The number of rotatable bonds is 5. The van der Waals surface area contributed by atoms with Crippen molar-refractivity contribution in [2.24, 2.45) is 0 Å². The Hall–Kier alpha value is -3.67. The van der Waals surface area contributed by atoms with E-state index in [4.69, 9.17) is 13.9 Å². The van der Waals surface area contributed by atoms with Crippen LogP contribution in [0.5, 0.6) is 11.5 Å². The third kappa shape index (κ3) is 3.33. The molecule has 6 heteroatoms. The summed E-state index contributed by atoms with van der Waals surface area (Å²) in [5.74, 6) is 2.11. The van der Waals surface area contributed by atoms with E-state index in [1.807, 2.05) is 66.1 Å². The molecule has 146 valence electrons. The van der Waals surface area contributed by atoms with Gasteiger partial charge in [0.2, 0.25) is 6.79 Å². The molecule has 0 saturated heterocycles. The number of carbonyl (C=O) groups excluding carboxylic acids is 1. The van der Waals surface area contributed by atoms with Crippen molar-refractivity contribution in [3.05, 3.63) is 83.2 Å². The number of furan rings is 1. The number of aromatic nitrogens is 1. The van der Waals surface area contributed by atoms with Gasteiger partial charge >= 0.3 is 0 Å². The van der Waals surface area contributed by atoms with Crippen LogP contribution in [0.2, 0.25) is 0 Å². The van der Waals surface area contributed by atoms with Gasteiger partial charge in [-0.15, -0.1) is 0 Å². The van der Waals surface area contributed by atoms with Gasteiger partial charge in [-0.2, -0.15) is 0 Å². The zero-order valence-corrected chi connectivity index (χ0v) is 16.0. The van der Waals surface area contributed by atoms with Crippen LogP contribution in [0.3, 0.4) is 0 Å². The molecule has 2 aromatic carbocycles. The van der Waals surface area contributed by atoms with Gasteiger partial charge in [0.25, 0.3) is 5.91 Å². The van der Waals surface area contributed by atoms with E-state index >= 15 is 0 Å². The smallest absolute Gasteiger partial charge is 0.268 e. The van der Waals surface area contributed by atoms with Crippen LogP contribution >= 0.6 is 0 Å². The van der Waals surface area contributed by atoms with Crippen LogP contribution < -0.4 is 14.8 Å². The zero-order chi connectivity index (χ0) is 19.8. The Kier molecular flexibility index (Phi) is 4.24. The second-order valence-electron chi connectivity index (χ2n) is 7.08. The Morgan fingerprint density at radius 2 is 1.83 bits per heavy atom. The van der Waals surface area contributed by atoms with Crippen LogP contribution in [-0.4, -0.2) is 17.3 Å². The summed E-state index contributed by atoms with van der Waals surface area (Å²) in [5.41, 5.74) is 4.27. The van der Waals surface area contributed by atoms with Gasteiger partial charge in [-0.25, -0.2) is 0 Å². The molecular weight excluding hydrogens is 368 g/mol. The number of hydrogen-bond donors (Lipinski definition) is 1. The number of aryl methyl sites for hydroxylation is 1. The van der Waals surface area contributed by atoms with Gasteiger partial charge in [-0.05, 0) is 30.2 Å². The molecule has 4 aromatic rings. The molecule has 1 aliphatic heterocycles. The van der Waals surface area contributed by atoms with Crippen LogP contribution in [0.15, 0.2) is 65.1 Å². The third-order valence-corrected chi connectivity index (χ3v) is 5.02. The van der Waals surface area contributed by atoms with E-state index in [9.17, 15) is 4.79 Å². The molecule has 0 bridgehead atoms. The standard InChI is InChI=1S/C23H20N2O4/c1-15-9-18-21(29-15)11-19(25(18)13-16-5-3-2-4-6-16)23(26)24-12-17-7-8-20-22(10-17)28-14-27-20/h2-11H,12-14H2,1H3,(H,24,26). The second-order valence-corrected chi connectivity index (χ2v) is 7.08. The van der Waals surface area contributed by atoms with E-state index in [-0.39, 0.29) is 12.7 Å². The summed E-state index contributed by atoms with van der Waals surface area (Å²) in [5, 5.41) is 3.00. The van der Waals surface area contributed by atoms with E-state index < -0.39 is 0 Å². The van der Waals surface area contributed by atoms with Gasteiger partial charge in [0, 0.05) is 25.2 Å². The van der Waals surface area contributed by atoms with Crippen LogP contribution in [0.4, 0.5) is 0 Å². The molecule has 2 aromatic heterocycles. The molecule has 5 rings (SSSR count). The number of nitrogens with zero attached hydrogens (tertiary/aromatic N) is 1. The Morgan fingerprint density at radius 3 is 2.69 bits per heavy atom. The van der Waals surface area contributed by atoms with Crippen molar-refractivity contribution in [1.82, 2.24) is 9.88 Å². The van der Waals surface area contributed by atoms with Crippen LogP contribution in [-0.2, 0) is 13.1 Å². The van der Waals surface area contributed by atoms with Crippen molar-refractivity contribution in [3.63, 3.8) is 0 Å². The van der Waals surface area contributed by atoms with Crippen molar-refractivity contribution >= 4 is 17.0 Å². The molecule has 0 saturated carbocycles. The van der Waals surface area contributed by atoms with Gasteiger partial charge in [0.05, 0.1) is 5.52 Å². The summed E-state index contributed by atoms with van der Waals surface area (Å²) in [4.78, 5) is 13.0. The van der Waals surface area contributed by atoms with Gasteiger partial charge in [0.15, 0.2) is 17.1 Å². The molecule has 3 heterocycles. The summed E-state index contributed by atoms with van der Waals surface area (Å²) < 4.78 is 18.5. The van der Waals surface area contributed by atoms with Crippen molar-refractivity contribution in [2.45, 2.75) is 20.0 Å². The fraction of sp³-hybridized carbons (Fsp3) is 0.174. The van der Waals surface area contributed by atoms with Crippen LogP contribution in [0.25, 0.3) is 11.1 Å². The van der Waals surface area contributed by atoms with Gasteiger partial charge in [-0.3, -0.25) is 4.79 Å². The quantitative estimate of drug-likeness (QED) is 0.555. The average molecular weight is 388 g/mol. The second kappa shape index (κ2) is 7.05. The predicted octanol–water partition coefficient (Wildman–Crippen LogP) is 4.25. The number of carbonyl (C=O) groups is 1. The molecule has 1 aliphatic rings. The average Bonchev–Trinajstić information content (AvgIpc) is 3.42. The maximum atomic E-state index is 13.0. The largest absolute Gasteiger partial charge is 0.460 e. The summed E-state index contributed by atoms with van der Waals surface area (Å²) in [7, 11) is 0. The van der Waals surface area contributed by atoms with Gasteiger partial charge in [0.1, 0.15) is 11.5 Å². The molecule has 6 nitrogen and oxygen atoms in total. The van der Waals surface area contributed by atoms with Gasteiger partial charge < -0.3 is 23.8 Å². The minimum atomic E-state index is -0.150. The van der Waals surface area contributed by atoms with Crippen molar-refractivity contribution < 1.29 is 18.7 Å². The minimum Gasteiger partial charge on any atom is -0.460 e. The molecule has 0 spiro atoms. The minimum absolute atomic E-state index is 0.150. The summed E-state index contributed by atoms with van der Waals surface area (Å²) in [6, 6.07) is 19.5. The highest BCUT2D eigenvalue weighted by atomic mass is 16.7. The molecular formula is C23H20N2O4. The number of hydrogen-bond acceptors (Lipinski definition) is 4. The Bertz CT molecular complexity index is 1190. The normalized spacial score (nSPS) is 12.4. The maximum Gasteiger partial charge on any atom is 0.268 e. The number of nitrogens with one attached hydrogen (secondary N) is 1. The van der Waals surface area contributed by atoms with Gasteiger partial charge in [-0.1, -0.05) is 36.4 Å². The first kappa shape index (κ1) is 17.4. The highest BCUT2D eigenvalue weighted by Crippen LogP contribution is 2.32. The predicted molar refractivity (Wildman–Crippen MR) is 108 cm³/mol. The van der Waals surface area contributed by atoms with Crippen molar-refractivity contribution in [2.75, 3.05) is 6.79 Å². The number of fused-ring (bicyclic) bond motifs is 2. The monoisotopic (exact) mass is 388 g/mol. The Balaban J connectivity index is 1.40. The van der Waals surface area contributed by atoms with Crippen molar-refractivity contribution in [1.29, 1.82) is 0 Å². The fourth-order valence-corrected chi connectivity index (χ4v) is 3.61. The number of benzene rings is 2. The zero-order valence-electron chi connectivity index (χ0n) is 16.0. The Labute approximate surface area is 167 Å². The molecule has 1 N–H and O–H groups in total. The lowest BCUT2D eigenvalue weighted by Gasteiger charge is -2.11. The molecule has 0 fully saturated rings. The van der Waals surface area contributed by atoms with E-state index in [1.54, 1.807) is 6.07 Å². The van der Waals surface area contributed by atoms with E-state index in [1.165, 1.54) is 0 Å². The first-order valence-corrected chi connectivity index (χ1v) is 9.48. The topological polar surface area (TPSA) is 65.6 Å². The maximum absolute atomic E-state index is 13.0. The van der Waals surface area contributed by atoms with E-state index in [0.717, 1.165) is 28.2 Å². The van der Waals surface area contributed by atoms with E-state index in [0.29, 0.717) is 30.1 Å². The number of ether oxygens (including phenoxy) is 2. The SMILES string of the molecule is Cc1cc2c(cc(C(=O)NCc3ccc4c(c3)OCO4)n2Cc2ccccc2)o1. The van der Waals surface area contributed by atoms with Crippen LogP contribution in [0, 0.1) is 6.92 Å². The fourth-order valence-electron chi connectivity index (χ4n) is 3.61. The summed E-state index contributed by atoms with van der Waals surface area (Å²) >= 11 is 0. The molecule has 0 radical (unpaired) electrons.